The number of nitrogens with zero attached hydrogens (tertiary/aromatic N) is 4. The number of hydrogen-bond acceptors (Lipinski definition) is 7. The second-order valence-electron chi connectivity index (χ2n) is 6.59. The van der Waals surface area contributed by atoms with Crippen molar-refractivity contribution in [3.8, 4) is 0 Å². The highest BCUT2D eigenvalue weighted by molar-refractivity contribution is 7.15. The van der Waals surface area contributed by atoms with Crippen LogP contribution in [-0.2, 0) is 13.1 Å². The van der Waals surface area contributed by atoms with Gasteiger partial charge in [-0.25, -0.2) is 9.78 Å². The fourth-order valence-corrected chi connectivity index (χ4v) is 4.04. The second kappa shape index (κ2) is 8.01. The summed E-state index contributed by atoms with van der Waals surface area (Å²) in [7, 11) is 0. The van der Waals surface area contributed by atoms with Crippen LogP contribution >= 0.6 is 11.3 Å². The van der Waals surface area contributed by atoms with Gasteiger partial charge < -0.3 is 10.6 Å². The Hall–Kier alpha value is -2.88. The van der Waals surface area contributed by atoms with Crippen LogP contribution in [0.1, 0.15) is 38.1 Å². The predicted octanol–water partition coefficient (Wildman–Crippen LogP) is 1.32. The van der Waals surface area contributed by atoms with Gasteiger partial charge in [0.15, 0.2) is 4.96 Å². The third-order valence-corrected chi connectivity index (χ3v) is 5.57. The maximum absolute atomic E-state index is 12.5. The van der Waals surface area contributed by atoms with Crippen molar-refractivity contribution in [2.45, 2.75) is 46.7 Å². The number of aromatic nitrogens is 4. The third-order valence-electron chi connectivity index (χ3n) is 4.63. The molecule has 0 aliphatic carbocycles. The van der Waals surface area contributed by atoms with E-state index in [9.17, 15) is 14.4 Å². The van der Waals surface area contributed by atoms with E-state index in [-0.39, 0.29) is 23.6 Å². The SMILES string of the molecule is CCCCn1c(N)c(N(CC)Cc2cc(=O)n3c(C)csc3n2)c(=O)[nH]c1=O. The van der Waals surface area contributed by atoms with Crippen LogP contribution in [-0.4, -0.2) is 25.5 Å². The number of thiazole rings is 1. The molecule has 0 spiro atoms. The average molecular weight is 404 g/mol. The maximum atomic E-state index is 12.5. The first-order chi connectivity index (χ1) is 13.4. The van der Waals surface area contributed by atoms with Crippen molar-refractivity contribution >= 4 is 27.8 Å². The Morgan fingerprint density at radius 1 is 1.29 bits per heavy atom. The zero-order chi connectivity index (χ0) is 20.4. The normalized spacial score (nSPS) is 11.2. The highest BCUT2D eigenvalue weighted by Gasteiger charge is 2.19. The molecule has 0 aliphatic heterocycles. The Kier molecular flexibility index (Phi) is 5.68. The summed E-state index contributed by atoms with van der Waals surface area (Å²) in [6.07, 6.45) is 1.67. The number of H-pyrrole nitrogens is 1. The first-order valence-electron chi connectivity index (χ1n) is 9.21. The van der Waals surface area contributed by atoms with Crippen molar-refractivity contribution in [3.63, 3.8) is 0 Å². The number of hydrogen-bond donors (Lipinski definition) is 2. The molecular weight excluding hydrogens is 380 g/mol. The van der Waals surface area contributed by atoms with Gasteiger partial charge >= 0.3 is 5.69 Å². The summed E-state index contributed by atoms with van der Waals surface area (Å²) in [4.78, 5) is 46.3. The molecule has 0 aliphatic rings. The molecular formula is C18H24N6O3S. The summed E-state index contributed by atoms with van der Waals surface area (Å²) in [5.41, 5.74) is 6.58. The predicted molar refractivity (Wildman–Crippen MR) is 111 cm³/mol. The van der Waals surface area contributed by atoms with Gasteiger partial charge in [0, 0.05) is 30.2 Å². The number of unbranched alkanes of at least 4 members (excludes halogenated alkanes) is 1. The van der Waals surface area contributed by atoms with Crippen molar-refractivity contribution in [2.24, 2.45) is 0 Å². The molecule has 3 rings (SSSR count). The van der Waals surface area contributed by atoms with Gasteiger partial charge in [-0.15, -0.1) is 11.3 Å². The zero-order valence-electron chi connectivity index (χ0n) is 16.2. The molecule has 0 atom stereocenters. The van der Waals surface area contributed by atoms with Crippen molar-refractivity contribution < 1.29 is 0 Å². The second-order valence-corrected chi connectivity index (χ2v) is 7.43. The van der Waals surface area contributed by atoms with Crippen LogP contribution in [0, 0.1) is 6.92 Å². The fraction of sp³-hybridized carbons (Fsp3) is 0.444. The van der Waals surface area contributed by atoms with Crippen molar-refractivity contribution in [1.29, 1.82) is 0 Å². The van der Waals surface area contributed by atoms with E-state index in [1.807, 2.05) is 26.2 Å². The van der Waals surface area contributed by atoms with E-state index in [1.54, 1.807) is 9.30 Å². The Balaban J connectivity index is 2.04. The molecule has 3 aromatic heterocycles. The molecule has 0 saturated heterocycles. The molecule has 0 saturated carbocycles. The van der Waals surface area contributed by atoms with E-state index in [1.165, 1.54) is 22.0 Å². The Labute approximate surface area is 165 Å². The molecule has 0 bridgehead atoms. The molecule has 9 nitrogen and oxygen atoms in total. The van der Waals surface area contributed by atoms with Crippen LogP contribution < -0.4 is 27.4 Å². The van der Waals surface area contributed by atoms with Gasteiger partial charge in [0.25, 0.3) is 11.1 Å². The number of anilines is 2. The largest absolute Gasteiger partial charge is 0.383 e. The van der Waals surface area contributed by atoms with Crippen LogP contribution in [0.2, 0.25) is 0 Å². The summed E-state index contributed by atoms with van der Waals surface area (Å²) in [5.74, 6) is 0.133. The summed E-state index contributed by atoms with van der Waals surface area (Å²) >= 11 is 1.39. The fourth-order valence-electron chi connectivity index (χ4n) is 3.15. The smallest absolute Gasteiger partial charge is 0.330 e. The molecule has 0 fully saturated rings. The summed E-state index contributed by atoms with van der Waals surface area (Å²) in [5, 5.41) is 1.87. The lowest BCUT2D eigenvalue weighted by molar-refractivity contribution is 0.602. The van der Waals surface area contributed by atoms with Gasteiger partial charge in [-0.3, -0.25) is 23.5 Å². The maximum Gasteiger partial charge on any atom is 0.330 e. The lowest BCUT2D eigenvalue weighted by atomic mass is 10.3. The summed E-state index contributed by atoms with van der Waals surface area (Å²) in [6, 6.07) is 1.47. The van der Waals surface area contributed by atoms with Crippen LogP contribution in [0.15, 0.2) is 25.8 Å². The van der Waals surface area contributed by atoms with Crippen molar-refractivity contribution in [3.05, 3.63) is 54.0 Å². The van der Waals surface area contributed by atoms with E-state index in [0.29, 0.717) is 23.7 Å². The molecule has 3 aromatic rings. The molecule has 0 radical (unpaired) electrons. The molecule has 3 heterocycles. The van der Waals surface area contributed by atoms with E-state index in [2.05, 4.69) is 9.97 Å². The zero-order valence-corrected chi connectivity index (χ0v) is 17.0. The topological polar surface area (TPSA) is 118 Å². The highest BCUT2D eigenvalue weighted by atomic mass is 32.1. The Bertz CT molecular complexity index is 1170. The van der Waals surface area contributed by atoms with Gasteiger partial charge in [0.2, 0.25) is 0 Å². The van der Waals surface area contributed by atoms with E-state index < -0.39 is 11.2 Å². The number of nitrogens with one attached hydrogen (secondary N) is 1. The molecule has 0 aromatic carbocycles. The Morgan fingerprint density at radius 3 is 2.71 bits per heavy atom. The number of fused-ring (bicyclic) bond motifs is 1. The first kappa shape index (κ1) is 19.9. The van der Waals surface area contributed by atoms with E-state index in [4.69, 9.17) is 5.73 Å². The average Bonchev–Trinajstić information content (AvgIpc) is 3.01. The molecule has 3 N–H and O–H groups in total. The monoisotopic (exact) mass is 404 g/mol. The van der Waals surface area contributed by atoms with Gasteiger partial charge in [-0.1, -0.05) is 13.3 Å². The lowest BCUT2D eigenvalue weighted by Gasteiger charge is -2.24. The van der Waals surface area contributed by atoms with Gasteiger partial charge in [0.05, 0.1) is 12.2 Å². The molecule has 0 unspecified atom stereocenters. The minimum absolute atomic E-state index is 0.133. The lowest BCUT2D eigenvalue weighted by Crippen LogP contribution is -2.38. The number of nitrogen functional groups attached to an aromatic ring is 1. The summed E-state index contributed by atoms with van der Waals surface area (Å²) < 4.78 is 2.94. The van der Waals surface area contributed by atoms with Crippen LogP contribution in [0.4, 0.5) is 11.5 Å². The molecule has 0 amide bonds. The van der Waals surface area contributed by atoms with Crippen LogP contribution in [0.25, 0.3) is 4.96 Å². The molecule has 10 heteroatoms. The quantitative estimate of drug-likeness (QED) is 0.613. The van der Waals surface area contributed by atoms with E-state index >= 15 is 0 Å². The first-order valence-corrected chi connectivity index (χ1v) is 10.1. The third kappa shape index (κ3) is 3.59. The van der Waals surface area contributed by atoms with Crippen molar-refractivity contribution in [2.75, 3.05) is 17.2 Å². The number of rotatable bonds is 7. The van der Waals surface area contributed by atoms with Gasteiger partial charge in [0.1, 0.15) is 11.5 Å². The Morgan fingerprint density at radius 2 is 2.04 bits per heavy atom. The van der Waals surface area contributed by atoms with Gasteiger partial charge in [-0.2, -0.15) is 0 Å². The minimum atomic E-state index is -0.540. The van der Waals surface area contributed by atoms with Gasteiger partial charge in [-0.05, 0) is 20.3 Å². The van der Waals surface area contributed by atoms with Crippen molar-refractivity contribution in [1.82, 2.24) is 18.9 Å². The summed E-state index contributed by atoms with van der Waals surface area (Å²) in [6.45, 7) is 6.87. The number of aryl methyl sites for hydroxylation is 1. The standard InChI is InChI=1S/C18H24N6O3S/c1-4-6-7-23-15(19)14(16(26)21-17(23)27)22(5-2)9-12-8-13(25)24-11(3)10-28-18(24)20-12/h8,10H,4-7,9,19H2,1-3H3,(H,21,26,27). The number of nitrogens with two attached hydrogens (primary N) is 1. The van der Waals surface area contributed by atoms with E-state index in [0.717, 1.165) is 18.5 Å². The van der Waals surface area contributed by atoms with Crippen LogP contribution in [0.3, 0.4) is 0 Å². The molecule has 28 heavy (non-hydrogen) atoms. The minimum Gasteiger partial charge on any atom is -0.383 e. The highest BCUT2D eigenvalue weighted by Crippen LogP contribution is 2.19. The van der Waals surface area contributed by atoms with Crippen LogP contribution in [0.5, 0.6) is 0 Å². The number of aromatic amines is 1. The molecule has 150 valence electrons.